The average Bonchev–Trinajstić information content (AvgIpc) is 3.19. The Morgan fingerprint density at radius 2 is 1.44 bits per heavy atom. The minimum atomic E-state index is 0.409. The van der Waals surface area contributed by atoms with Crippen molar-refractivity contribution in [3.63, 3.8) is 0 Å². The average molecular weight is 474 g/mol. The monoisotopic (exact) mass is 473 g/mol. The number of fused-ring (bicyclic) bond motifs is 7. The maximum absolute atomic E-state index is 5.85. The molecule has 2 heteroatoms. The molecule has 1 N–H and O–H groups in total. The van der Waals surface area contributed by atoms with Crippen LogP contribution < -0.4 is 5.32 Å². The summed E-state index contributed by atoms with van der Waals surface area (Å²) in [5.41, 5.74) is 2.49. The van der Waals surface area contributed by atoms with Gasteiger partial charge in [-0.05, 0) is 122 Å². The maximum Gasteiger partial charge on any atom is 0.0521 e. The Morgan fingerprint density at radius 1 is 0.735 bits per heavy atom. The van der Waals surface area contributed by atoms with Crippen LogP contribution in [0.5, 0.6) is 0 Å². The van der Waals surface area contributed by atoms with Crippen molar-refractivity contribution in [1.82, 2.24) is 5.32 Å². The SMILES string of the molecule is CCC.CNC1CCC2(C)C(CCC3(C)C2CCC2C4CCCC4(COC)CC[C@]23C)C1(C)C. The van der Waals surface area contributed by atoms with Crippen LogP contribution >= 0.6 is 0 Å². The smallest absolute Gasteiger partial charge is 0.0521 e. The zero-order chi connectivity index (χ0) is 25.0. The summed E-state index contributed by atoms with van der Waals surface area (Å²) in [6.45, 7) is 18.7. The summed E-state index contributed by atoms with van der Waals surface area (Å²) in [5.74, 6) is 3.63. The zero-order valence-corrected chi connectivity index (χ0v) is 24.5. The molecule has 8 unspecified atom stereocenters. The molecule has 34 heavy (non-hydrogen) atoms. The molecular formula is C32H59NO. The third kappa shape index (κ3) is 3.61. The van der Waals surface area contributed by atoms with Crippen LogP contribution in [-0.2, 0) is 4.74 Å². The summed E-state index contributed by atoms with van der Waals surface area (Å²) in [5, 5.41) is 3.71. The third-order valence-electron chi connectivity index (χ3n) is 13.4. The van der Waals surface area contributed by atoms with E-state index in [4.69, 9.17) is 4.74 Å². The number of nitrogens with one attached hydrogen (secondary N) is 1. The van der Waals surface area contributed by atoms with E-state index in [0.717, 1.165) is 30.3 Å². The van der Waals surface area contributed by atoms with Gasteiger partial charge in [0.05, 0.1) is 6.61 Å². The van der Waals surface area contributed by atoms with Gasteiger partial charge in [0.15, 0.2) is 0 Å². The van der Waals surface area contributed by atoms with Crippen LogP contribution in [-0.4, -0.2) is 26.8 Å². The van der Waals surface area contributed by atoms with Crippen molar-refractivity contribution in [2.24, 2.45) is 50.7 Å². The molecule has 2 nitrogen and oxygen atoms in total. The van der Waals surface area contributed by atoms with Crippen molar-refractivity contribution in [2.45, 2.75) is 132 Å². The first-order valence-corrected chi connectivity index (χ1v) is 15.2. The Labute approximate surface area is 213 Å². The summed E-state index contributed by atoms with van der Waals surface area (Å²) in [7, 11) is 4.14. The lowest BCUT2D eigenvalue weighted by molar-refractivity contribution is -0.239. The number of methoxy groups -OCH3 is 1. The van der Waals surface area contributed by atoms with E-state index < -0.39 is 0 Å². The molecule has 0 aromatic carbocycles. The van der Waals surface area contributed by atoms with Gasteiger partial charge in [0.25, 0.3) is 0 Å². The molecule has 5 aliphatic carbocycles. The van der Waals surface area contributed by atoms with E-state index in [1.165, 1.54) is 77.0 Å². The molecule has 0 radical (unpaired) electrons. The van der Waals surface area contributed by atoms with Gasteiger partial charge in [-0.2, -0.15) is 0 Å². The van der Waals surface area contributed by atoms with Gasteiger partial charge in [-0.15, -0.1) is 0 Å². The van der Waals surface area contributed by atoms with E-state index in [-0.39, 0.29) is 0 Å². The molecule has 0 heterocycles. The van der Waals surface area contributed by atoms with Crippen molar-refractivity contribution in [3.05, 3.63) is 0 Å². The van der Waals surface area contributed by atoms with Crippen molar-refractivity contribution >= 4 is 0 Å². The molecule has 198 valence electrons. The summed E-state index contributed by atoms with van der Waals surface area (Å²) in [6, 6.07) is 0.685. The number of hydrogen-bond donors (Lipinski definition) is 1. The van der Waals surface area contributed by atoms with E-state index in [1.807, 2.05) is 7.11 Å². The number of rotatable bonds is 3. The quantitative estimate of drug-likeness (QED) is 0.443. The van der Waals surface area contributed by atoms with Crippen molar-refractivity contribution in [2.75, 3.05) is 20.8 Å². The van der Waals surface area contributed by atoms with Crippen LogP contribution in [0, 0.1) is 50.7 Å². The normalized spacial score (nSPS) is 51.3. The number of ether oxygens (including phenoxy) is 1. The minimum Gasteiger partial charge on any atom is -0.384 e. The summed E-state index contributed by atoms with van der Waals surface area (Å²) >= 11 is 0. The Bertz CT molecular complexity index is 718. The zero-order valence-electron chi connectivity index (χ0n) is 24.5. The summed E-state index contributed by atoms with van der Waals surface area (Å²) < 4.78 is 5.85. The predicted molar refractivity (Wildman–Crippen MR) is 146 cm³/mol. The molecule has 5 aliphatic rings. The first-order chi connectivity index (χ1) is 16.0. The predicted octanol–water partition coefficient (Wildman–Crippen LogP) is 8.49. The van der Waals surface area contributed by atoms with E-state index in [0.29, 0.717) is 33.1 Å². The molecule has 0 amide bonds. The van der Waals surface area contributed by atoms with E-state index in [2.05, 4.69) is 60.8 Å². The molecule has 5 fully saturated rings. The first-order valence-electron chi connectivity index (χ1n) is 15.2. The molecule has 0 saturated heterocycles. The van der Waals surface area contributed by atoms with Gasteiger partial charge in [0, 0.05) is 13.2 Å². The van der Waals surface area contributed by atoms with E-state index in [9.17, 15) is 0 Å². The van der Waals surface area contributed by atoms with Gasteiger partial charge in [-0.1, -0.05) is 61.3 Å². The minimum absolute atomic E-state index is 0.409. The fourth-order valence-electron chi connectivity index (χ4n) is 11.8. The maximum atomic E-state index is 5.85. The van der Waals surface area contributed by atoms with E-state index in [1.54, 1.807) is 0 Å². The van der Waals surface area contributed by atoms with Gasteiger partial charge >= 0.3 is 0 Å². The highest BCUT2D eigenvalue weighted by atomic mass is 16.5. The standard InChI is InChI=1S/C29H51NO.C3H8/c1-25(2)22-12-16-28(5)23(26(22,3)15-13-24(25)30-6)11-10-20-21-9-8-14-29(21,19-31-7)18-17-27(20,28)4;1-3-2/h20-24,30H,8-19H2,1-7H3;3H2,1-2H3/t20?,21?,22?,23?,24?,26?,27-,28?,29?;/m1./s1. The molecule has 0 aliphatic heterocycles. The third-order valence-corrected chi connectivity index (χ3v) is 13.4. The van der Waals surface area contributed by atoms with Crippen molar-refractivity contribution in [1.29, 1.82) is 0 Å². The second-order valence-corrected chi connectivity index (χ2v) is 14.9. The fraction of sp³-hybridized carbons (Fsp3) is 1.00. The summed E-state index contributed by atoms with van der Waals surface area (Å²) in [4.78, 5) is 0. The highest BCUT2D eigenvalue weighted by Gasteiger charge is 2.69. The molecule has 0 bridgehead atoms. The Hall–Kier alpha value is -0.0800. The number of hydrogen-bond acceptors (Lipinski definition) is 2. The molecule has 0 aromatic rings. The molecule has 0 aromatic heterocycles. The highest BCUT2D eigenvalue weighted by molar-refractivity contribution is 5.19. The largest absolute Gasteiger partial charge is 0.384 e. The van der Waals surface area contributed by atoms with Crippen LogP contribution in [0.15, 0.2) is 0 Å². The van der Waals surface area contributed by atoms with Crippen LogP contribution in [0.25, 0.3) is 0 Å². The van der Waals surface area contributed by atoms with Crippen LogP contribution in [0.1, 0.15) is 126 Å². The second-order valence-electron chi connectivity index (χ2n) is 14.9. The molecule has 0 spiro atoms. The van der Waals surface area contributed by atoms with Gasteiger partial charge in [0.2, 0.25) is 0 Å². The van der Waals surface area contributed by atoms with Crippen LogP contribution in [0.4, 0.5) is 0 Å². The van der Waals surface area contributed by atoms with Gasteiger partial charge in [0.1, 0.15) is 0 Å². The highest BCUT2D eigenvalue weighted by Crippen LogP contribution is 2.76. The lowest BCUT2D eigenvalue weighted by Gasteiger charge is -2.73. The van der Waals surface area contributed by atoms with Crippen molar-refractivity contribution < 1.29 is 4.74 Å². The second kappa shape index (κ2) is 9.34. The topological polar surface area (TPSA) is 21.3 Å². The first kappa shape index (κ1) is 27.0. The molecular weight excluding hydrogens is 414 g/mol. The Balaban J connectivity index is 0.000000868. The Kier molecular flexibility index (Phi) is 7.41. The molecule has 9 atom stereocenters. The lowest BCUT2D eigenvalue weighted by atomic mass is 9.32. The van der Waals surface area contributed by atoms with Crippen LogP contribution in [0.3, 0.4) is 0 Å². The summed E-state index contributed by atoms with van der Waals surface area (Å²) in [6.07, 6.45) is 17.2. The van der Waals surface area contributed by atoms with Gasteiger partial charge in [-0.3, -0.25) is 0 Å². The molecule has 5 rings (SSSR count). The molecule has 5 saturated carbocycles. The van der Waals surface area contributed by atoms with Crippen LogP contribution in [0.2, 0.25) is 0 Å². The van der Waals surface area contributed by atoms with Gasteiger partial charge in [-0.25, -0.2) is 0 Å². The lowest BCUT2D eigenvalue weighted by Crippen LogP contribution is -2.67. The fourth-order valence-corrected chi connectivity index (χ4v) is 11.8. The van der Waals surface area contributed by atoms with Gasteiger partial charge < -0.3 is 10.1 Å². The van der Waals surface area contributed by atoms with Crippen molar-refractivity contribution in [3.8, 4) is 0 Å². The Morgan fingerprint density at radius 3 is 2.09 bits per heavy atom. The van der Waals surface area contributed by atoms with E-state index >= 15 is 0 Å².